The number of hydrogen-bond donors (Lipinski definition) is 2. The van der Waals surface area contributed by atoms with Gasteiger partial charge in [-0.25, -0.2) is 4.79 Å². The number of nitrogens with one attached hydrogen (secondary N) is 1. The fourth-order valence-electron chi connectivity index (χ4n) is 2.36. The van der Waals surface area contributed by atoms with Crippen LogP contribution in [0.1, 0.15) is 45.7 Å². The lowest BCUT2D eigenvalue weighted by atomic mass is 10.0. The number of nitrogens with two attached hydrogens (primary N) is 1. The minimum absolute atomic E-state index is 0.168. The molecule has 1 amide bonds. The second-order valence-corrected chi connectivity index (χ2v) is 6.88. The summed E-state index contributed by atoms with van der Waals surface area (Å²) in [6.45, 7) is 7.47. The van der Waals surface area contributed by atoms with Crippen LogP contribution >= 0.6 is 0 Å². The lowest BCUT2D eigenvalue weighted by molar-refractivity contribution is 0.0502. The fraction of sp³-hybridized carbons (Fsp3) is 0.421. The number of anilines is 1. The van der Waals surface area contributed by atoms with Gasteiger partial charge >= 0.3 is 6.09 Å². The molecule has 0 spiro atoms. The van der Waals surface area contributed by atoms with Crippen molar-refractivity contribution in [3.8, 4) is 17.5 Å². The van der Waals surface area contributed by atoms with Gasteiger partial charge in [0.25, 0.3) is 0 Å². The van der Waals surface area contributed by atoms with Crippen molar-refractivity contribution in [2.24, 2.45) is 0 Å². The second-order valence-electron chi connectivity index (χ2n) is 6.88. The molecule has 1 aromatic carbocycles. The van der Waals surface area contributed by atoms with Crippen LogP contribution in [0.4, 0.5) is 10.5 Å². The first-order chi connectivity index (χ1) is 12.7. The monoisotopic (exact) mass is 374 g/mol. The highest BCUT2D eigenvalue weighted by Crippen LogP contribution is 2.31. The van der Waals surface area contributed by atoms with Gasteiger partial charge in [-0.2, -0.15) is 9.97 Å². The number of ether oxygens (including phenoxy) is 3. The standard InChI is InChI=1S/C19H26N4O4/c1-6-14(23-18(24)27-19(2,3)4)12-7-9-13(10-8-12)26-17-15(20)16(25-5)21-11-22-17/h7-11,14H,6,20H2,1-5H3,(H,23,24). The van der Waals surface area contributed by atoms with Crippen molar-refractivity contribution in [3.05, 3.63) is 36.2 Å². The third-order valence-electron chi connectivity index (χ3n) is 3.60. The van der Waals surface area contributed by atoms with Gasteiger partial charge in [0.05, 0.1) is 13.2 Å². The van der Waals surface area contributed by atoms with Gasteiger partial charge in [0.15, 0.2) is 5.69 Å². The number of aromatic nitrogens is 2. The van der Waals surface area contributed by atoms with Crippen LogP contribution in [0.15, 0.2) is 30.6 Å². The topological polar surface area (TPSA) is 109 Å². The summed E-state index contributed by atoms with van der Waals surface area (Å²) in [6.07, 6.45) is 1.59. The molecule has 0 saturated heterocycles. The van der Waals surface area contributed by atoms with Crippen molar-refractivity contribution in [2.75, 3.05) is 12.8 Å². The molecule has 27 heavy (non-hydrogen) atoms. The zero-order valence-corrected chi connectivity index (χ0v) is 16.3. The highest BCUT2D eigenvalue weighted by atomic mass is 16.6. The number of alkyl carbamates (subject to hydrolysis) is 1. The van der Waals surface area contributed by atoms with Crippen molar-refractivity contribution < 1.29 is 19.0 Å². The van der Waals surface area contributed by atoms with Crippen LogP contribution in [0.2, 0.25) is 0 Å². The van der Waals surface area contributed by atoms with Gasteiger partial charge in [0.1, 0.15) is 17.7 Å². The number of methoxy groups -OCH3 is 1. The average Bonchev–Trinajstić information content (AvgIpc) is 2.61. The third kappa shape index (κ3) is 5.73. The molecule has 1 unspecified atom stereocenters. The molecule has 2 aromatic rings. The summed E-state index contributed by atoms with van der Waals surface area (Å²) >= 11 is 0. The molecule has 2 rings (SSSR count). The molecule has 8 heteroatoms. The molecule has 0 aliphatic rings. The zero-order chi connectivity index (χ0) is 20.0. The molecule has 0 bridgehead atoms. The van der Waals surface area contributed by atoms with Crippen LogP contribution < -0.4 is 20.5 Å². The van der Waals surface area contributed by atoms with Crippen LogP contribution in [0, 0.1) is 0 Å². The van der Waals surface area contributed by atoms with Crippen molar-refractivity contribution >= 4 is 11.8 Å². The molecule has 146 valence electrons. The van der Waals surface area contributed by atoms with Gasteiger partial charge < -0.3 is 25.3 Å². The largest absolute Gasteiger partial charge is 0.479 e. The maximum absolute atomic E-state index is 12.0. The van der Waals surface area contributed by atoms with E-state index in [1.807, 2.05) is 39.8 Å². The normalized spacial score (nSPS) is 12.2. The smallest absolute Gasteiger partial charge is 0.408 e. The number of carbonyl (C=O) groups excluding carboxylic acids is 1. The molecule has 0 fully saturated rings. The van der Waals surface area contributed by atoms with E-state index in [0.717, 1.165) is 12.0 Å². The SMILES string of the molecule is CCC(NC(=O)OC(C)(C)C)c1ccc(Oc2ncnc(OC)c2N)cc1. The molecule has 0 aliphatic heterocycles. The maximum Gasteiger partial charge on any atom is 0.408 e. The number of benzene rings is 1. The summed E-state index contributed by atoms with van der Waals surface area (Å²) < 4.78 is 16.1. The first-order valence-corrected chi connectivity index (χ1v) is 8.65. The Kier molecular flexibility index (Phi) is 6.44. The highest BCUT2D eigenvalue weighted by molar-refractivity contribution is 5.68. The van der Waals surface area contributed by atoms with Crippen LogP contribution in [-0.4, -0.2) is 28.8 Å². The fourth-order valence-corrected chi connectivity index (χ4v) is 2.36. The van der Waals surface area contributed by atoms with Crippen LogP contribution in [0.5, 0.6) is 17.5 Å². The summed E-state index contributed by atoms with van der Waals surface area (Å²) in [7, 11) is 1.47. The van der Waals surface area contributed by atoms with E-state index in [1.54, 1.807) is 12.1 Å². The maximum atomic E-state index is 12.0. The van der Waals surface area contributed by atoms with E-state index < -0.39 is 11.7 Å². The molecule has 1 atom stereocenters. The molecule has 3 N–H and O–H groups in total. The number of hydrogen-bond acceptors (Lipinski definition) is 7. The van der Waals surface area contributed by atoms with E-state index in [2.05, 4.69) is 15.3 Å². The van der Waals surface area contributed by atoms with Gasteiger partial charge in [-0.1, -0.05) is 19.1 Å². The second kappa shape index (κ2) is 8.57. The van der Waals surface area contributed by atoms with E-state index in [1.165, 1.54) is 13.4 Å². The molecule has 1 aromatic heterocycles. The van der Waals surface area contributed by atoms with E-state index in [-0.39, 0.29) is 23.5 Å². The Balaban J connectivity index is 2.08. The molecule has 0 saturated carbocycles. The Morgan fingerprint density at radius 2 is 1.81 bits per heavy atom. The first-order valence-electron chi connectivity index (χ1n) is 8.65. The first kappa shape index (κ1) is 20.3. The number of rotatable bonds is 6. The van der Waals surface area contributed by atoms with Crippen LogP contribution in [-0.2, 0) is 4.74 Å². The summed E-state index contributed by atoms with van der Waals surface area (Å²) in [5.74, 6) is 1.02. The Labute approximate surface area is 159 Å². The van der Waals surface area contributed by atoms with Crippen molar-refractivity contribution in [1.29, 1.82) is 0 Å². The Morgan fingerprint density at radius 1 is 1.19 bits per heavy atom. The summed E-state index contributed by atoms with van der Waals surface area (Å²) in [6, 6.07) is 7.13. The Morgan fingerprint density at radius 3 is 2.37 bits per heavy atom. The molecule has 0 radical (unpaired) electrons. The summed E-state index contributed by atoms with van der Waals surface area (Å²) in [4.78, 5) is 19.9. The number of nitrogens with zero attached hydrogens (tertiary/aromatic N) is 2. The van der Waals surface area contributed by atoms with Gasteiger partial charge in [-0.15, -0.1) is 0 Å². The van der Waals surface area contributed by atoms with Crippen LogP contribution in [0.3, 0.4) is 0 Å². The van der Waals surface area contributed by atoms with E-state index in [9.17, 15) is 4.79 Å². The predicted molar refractivity (Wildman–Crippen MR) is 102 cm³/mol. The van der Waals surface area contributed by atoms with Gasteiger partial charge in [0, 0.05) is 0 Å². The van der Waals surface area contributed by atoms with Crippen LogP contribution in [0.25, 0.3) is 0 Å². The Bertz CT molecular complexity index is 772. The van der Waals surface area contributed by atoms with Crippen molar-refractivity contribution in [2.45, 2.75) is 45.8 Å². The molecular formula is C19H26N4O4. The third-order valence-corrected chi connectivity index (χ3v) is 3.60. The number of nitrogen functional groups attached to an aromatic ring is 1. The number of amides is 1. The Hall–Kier alpha value is -3.03. The lowest BCUT2D eigenvalue weighted by Gasteiger charge is -2.23. The minimum atomic E-state index is -0.543. The van der Waals surface area contributed by atoms with Gasteiger partial charge in [-0.3, -0.25) is 0 Å². The van der Waals surface area contributed by atoms with Gasteiger partial charge in [0.2, 0.25) is 11.8 Å². The van der Waals surface area contributed by atoms with Gasteiger partial charge in [-0.05, 0) is 44.9 Å². The van der Waals surface area contributed by atoms with E-state index in [4.69, 9.17) is 19.9 Å². The minimum Gasteiger partial charge on any atom is -0.479 e. The van der Waals surface area contributed by atoms with Crippen molar-refractivity contribution in [1.82, 2.24) is 15.3 Å². The summed E-state index contributed by atoms with van der Waals surface area (Å²) in [5, 5.41) is 2.87. The lowest BCUT2D eigenvalue weighted by Crippen LogP contribution is -2.34. The average molecular weight is 374 g/mol. The zero-order valence-electron chi connectivity index (χ0n) is 16.3. The molecule has 1 heterocycles. The quantitative estimate of drug-likeness (QED) is 0.791. The molecule has 8 nitrogen and oxygen atoms in total. The highest BCUT2D eigenvalue weighted by Gasteiger charge is 2.20. The van der Waals surface area contributed by atoms with E-state index >= 15 is 0 Å². The molecule has 0 aliphatic carbocycles. The number of carbonyl (C=O) groups is 1. The van der Waals surface area contributed by atoms with E-state index in [0.29, 0.717) is 5.75 Å². The predicted octanol–water partition coefficient (Wildman–Crippen LogP) is 3.84. The molecular weight excluding hydrogens is 348 g/mol. The van der Waals surface area contributed by atoms with Crippen molar-refractivity contribution in [3.63, 3.8) is 0 Å². The summed E-state index contributed by atoms with van der Waals surface area (Å²) in [5.41, 5.74) is 6.53.